The van der Waals surface area contributed by atoms with E-state index in [-0.39, 0.29) is 31.1 Å². The number of esters is 1. The molecule has 0 unspecified atom stereocenters. The van der Waals surface area contributed by atoms with E-state index in [0.717, 1.165) is 0 Å². The van der Waals surface area contributed by atoms with Crippen LogP contribution in [0.4, 0.5) is 0 Å². The average Bonchev–Trinajstić information content (AvgIpc) is 2.39. The van der Waals surface area contributed by atoms with E-state index in [4.69, 9.17) is 9.47 Å². The number of carbonyl (C=O) groups excluding carboxylic acids is 3. The summed E-state index contributed by atoms with van der Waals surface area (Å²) in [6.45, 7) is 4.63. The third kappa shape index (κ3) is 9.18. The molecule has 19 heavy (non-hydrogen) atoms. The van der Waals surface area contributed by atoms with Crippen LogP contribution in [0.25, 0.3) is 0 Å². The average molecular weight is 273 g/mol. The lowest BCUT2D eigenvalue weighted by atomic mass is 10.2. The van der Waals surface area contributed by atoms with Crippen molar-refractivity contribution >= 4 is 17.7 Å². The third-order valence-corrected chi connectivity index (χ3v) is 2.53. The van der Waals surface area contributed by atoms with Gasteiger partial charge in [-0.15, -0.1) is 0 Å². The van der Waals surface area contributed by atoms with Gasteiger partial charge in [0.25, 0.3) is 0 Å². The standard InChI is InChI=1S/C13H23NO5/c1-4-12(16)14(7-9-18-3)8-10-19-13(17)6-5-11(2)15/h4-10H2,1-3H3. The molecule has 6 nitrogen and oxygen atoms in total. The molecule has 0 aliphatic heterocycles. The van der Waals surface area contributed by atoms with E-state index in [9.17, 15) is 14.4 Å². The van der Waals surface area contributed by atoms with E-state index in [2.05, 4.69) is 0 Å². The molecule has 0 bridgehead atoms. The Hall–Kier alpha value is -1.43. The molecule has 0 saturated heterocycles. The van der Waals surface area contributed by atoms with Crippen molar-refractivity contribution in [1.82, 2.24) is 4.90 Å². The van der Waals surface area contributed by atoms with Crippen LogP contribution in [0.2, 0.25) is 0 Å². The van der Waals surface area contributed by atoms with Gasteiger partial charge in [0.1, 0.15) is 12.4 Å². The molecule has 0 radical (unpaired) electrons. The minimum absolute atomic E-state index is 0.00293. The fraction of sp³-hybridized carbons (Fsp3) is 0.769. The van der Waals surface area contributed by atoms with Gasteiger partial charge < -0.3 is 19.2 Å². The molecule has 0 aromatic carbocycles. The number of methoxy groups -OCH3 is 1. The Kier molecular flexibility index (Phi) is 9.70. The molecule has 0 spiro atoms. The van der Waals surface area contributed by atoms with Crippen molar-refractivity contribution in [2.75, 3.05) is 33.4 Å². The van der Waals surface area contributed by atoms with Crippen LogP contribution < -0.4 is 0 Å². The lowest BCUT2D eigenvalue weighted by molar-refractivity contribution is -0.146. The van der Waals surface area contributed by atoms with E-state index < -0.39 is 5.97 Å². The molecule has 6 heteroatoms. The summed E-state index contributed by atoms with van der Waals surface area (Å²) in [5.74, 6) is -0.456. The molecule has 0 aliphatic rings. The van der Waals surface area contributed by atoms with Gasteiger partial charge in [0, 0.05) is 26.5 Å². The Balaban J connectivity index is 3.94. The number of carbonyl (C=O) groups is 3. The highest BCUT2D eigenvalue weighted by molar-refractivity contribution is 5.81. The molecule has 0 fully saturated rings. The first-order valence-electron chi connectivity index (χ1n) is 6.43. The van der Waals surface area contributed by atoms with Gasteiger partial charge in [-0.05, 0) is 6.92 Å². The van der Waals surface area contributed by atoms with Gasteiger partial charge in [0.15, 0.2) is 0 Å². The Morgan fingerprint density at radius 3 is 2.21 bits per heavy atom. The quantitative estimate of drug-likeness (QED) is 0.550. The van der Waals surface area contributed by atoms with Gasteiger partial charge in [0.05, 0.1) is 19.6 Å². The Morgan fingerprint density at radius 1 is 1.05 bits per heavy atom. The van der Waals surface area contributed by atoms with Crippen LogP contribution in [0, 0.1) is 0 Å². The van der Waals surface area contributed by atoms with Crippen LogP contribution in [0.5, 0.6) is 0 Å². The number of Topliss-reactive ketones (excluding diaryl/α,β-unsaturated/α-hetero) is 1. The van der Waals surface area contributed by atoms with Crippen LogP contribution in [-0.4, -0.2) is 56.0 Å². The van der Waals surface area contributed by atoms with Crippen molar-refractivity contribution in [3.63, 3.8) is 0 Å². The molecule has 0 N–H and O–H groups in total. The smallest absolute Gasteiger partial charge is 0.306 e. The summed E-state index contributed by atoms with van der Waals surface area (Å²) >= 11 is 0. The zero-order chi connectivity index (χ0) is 14.7. The fourth-order valence-electron chi connectivity index (χ4n) is 1.41. The van der Waals surface area contributed by atoms with Crippen molar-refractivity contribution in [2.24, 2.45) is 0 Å². The summed E-state index contributed by atoms with van der Waals surface area (Å²) in [4.78, 5) is 35.2. The first-order valence-corrected chi connectivity index (χ1v) is 6.43. The maximum Gasteiger partial charge on any atom is 0.306 e. The van der Waals surface area contributed by atoms with Gasteiger partial charge in [-0.1, -0.05) is 6.92 Å². The van der Waals surface area contributed by atoms with Crippen molar-refractivity contribution < 1.29 is 23.9 Å². The van der Waals surface area contributed by atoms with E-state index in [1.807, 2.05) is 0 Å². The maximum atomic E-state index is 11.6. The van der Waals surface area contributed by atoms with Gasteiger partial charge >= 0.3 is 5.97 Å². The molecule has 0 heterocycles. The highest BCUT2D eigenvalue weighted by Crippen LogP contribution is 1.97. The van der Waals surface area contributed by atoms with Gasteiger partial charge in [-0.25, -0.2) is 0 Å². The lowest BCUT2D eigenvalue weighted by Gasteiger charge is -2.21. The van der Waals surface area contributed by atoms with E-state index >= 15 is 0 Å². The summed E-state index contributed by atoms with van der Waals surface area (Å²) in [5, 5.41) is 0. The summed E-state index contributed by atoms with van der Waals surface area (Å²) < 4.78 is 9.89. The number of ketones is 1. The van der Waals surface area contributed by atoms with Crippen LogP contribution >= 0.6 is 0 Å². The third-order valence-electron chi connectivity index (χ3n) is 2.53. The molecular formula is C13H23NO5. The van der Waals surface area contributed by atoms with Crippen molar-refractivity contribution in [2.45, 2.75) is 33.1 Å². The lowest BCUT2D eigenvalue weighted by Crippen LogP contribution is -2.36. The second-order valence-electron chi connectivity index (χ2n) is 4.15. The van der Waals surface area contributed by atoms with E-state index in [0.29, 0.717) is 26.1 Å². The first-order chi connectivity index (χ1) is 9.01. The molecule has 0 rings (SSSR count). The number of amides is 1. The minimum Gasteiger partial charge on any atom is -0.464 e. The Labute approximate surface area is 114 Å². The number of hydrogen-bond acceptors (Lipinski definition) is 5. The normalized spacial score (nSPS) is 10.1. The largest absolute Gasteiger partial charge is 0.464 e. The highest BCUT2D eigenvalue weighted by Gasteiger charge is 2.12. The van der Waals surface area contributed by atoms with Crippen LogP contribution in [0.3, 0.4) is 0 Å². The number of nitrogens with zero attached hydrogens (tertiary/aromatic N) is 1. The SMILES string of the molecule is CCC(=O)N(CCOC)CCOC(=O)CCC(C)=O. The van der Waals surface area contributed by atoms with Crippen LogP contribution in [0.1, 0.15) is 33.1 Å². The Bertz CT molecular complexity index is 303. The number of hydrogen-bond donors (Lipinski definition) is 0. The van der Waals surface area contributed by atoms with E-state index in [1.54, 1.807) is 18.9 Å². The number of ether oxygens (including phenoxy) is 2. The van der Waals surface area contributed by atoms with Gasteiger partial charge in [0.2, 0.25) is 5.91 Å². The molecule has 0 saturated carbocycles. The van der Waals surface area contributed by atoms with E-state index in [1.165, 1.54) is 6.92 Å². The summed E-state index contributed by atoms with van der Waals surface area (Å²) in [6, 6.07) is 0. The monoisotopic (exact) mass is 273 g/mol. The van der Waals surface area contributed by atoms with Crippen molar-refractivity contribution in [3.05, 3.63) is 0 Å². The molecule has 0 atom stereocenters. The summed E-state index contributed by atoms with van der Waals surface area (Å²) in [6.07, 6.45) is 0.692. The second-order valence-corrected chi connectivity index (χ2v) is 4.15. The summed E-state index contributed by atoms with van der Waals surface area (Å²) in [5.41, 5.74) is 0. The zero-order valence-electron chi connectivity index (χ0n) is 11.9. The fourth-order valence-corrected chi connectivity index (χ4v) is 1.41. The highest BCUT2D eigenvalue weighted by atomic mass is 16.5. The predicted molar refractivity (Wildman–Crippen MR) is 69.6 cm³/mol. The molecule has 0 aromatic heterocycles. The van der Waals surface area contributed by atoms with Crippen molar-refractivity contribution in [1.29, 1.82) is 0 Å². The molecule has 1 amide bonds. The summed E-state index contributed by atoms with van der Waals surface area (Å²) in [7, 11) is 1.57. The Morgan fingerprint density at radius 2 is 1.68 bits per heavy atom. The second kappa shape index (κ2) is 10.5. The van der Waals surface area contributed by atoms with Crippen LogP contribution in [0.15, 0.2) is 0 Å². The zero-order valence-corrected chi connectivity index (χ0v) is 11.9. The number of rotatable bonds is 10. The topological polar surface area (TPSA) is 72.9 Å². The molecule has 110 valence electrons. The maximum absolute atomic E-state index is 11.6. The molecular weight excluding hydrogens is 250 g/mol. The van der Waals surface area contributed by atoms with Gasteiger partial charge in [-0.2, -0.15) is 0 Å². The molecule has 0 aliphatic carbocycles. The predicted octanol–water partition coefficient (Wildman–Crippen LogP) is 0.784. The first kappa shape index (κ1) is 17.6. The molecule has 0 aromatic rings. The van der Waals surface area contributed by atoms with Crippen LogP contribution in [-0.2, 0) is 23.9 Å². The minimum atomic E-state index is -0.411. The van der Waals surface area contributed by atoms with Gasteiger partial charge in [-0.3, -0.25) is 9.59 Å². The van der Waals surface area contributed by atoms with Crippen molar-refractivity contribution in [3.8, 4) is 0 Å².